The van der Waals surface area contributed by atoms with Crippen LogP contribution in [0.5, 0.6) is 5.75 Å². The van der Waals surface area contributed by atoms with Gasteiger partial charge in [-0.05, 0) is 41.3 Å². The van der Waals surface area contributed by atoms with Gasteiger partial charge in [0.05, 0.1) is 13.2 Å². The van der Waals surface area contributed by atoms with Crippen LogP contribution >= 0.6 is 0 Å². The lowest BCUT2D eigenvalue weighted by Gasteiger charge is -2.16. The minimum atomic E-state index is -0.167. The molecule has 0 aliphatic rings. The predicted octanol–water partition coefficient (Wildman–Crippen LogP) is 2.89. The van der Waals surface area contributed by atoms with Crippen LogP contribution in [0.2, 0.25) is 0 Å². The van der Waals surface area contributed by atoms with Crippen molar-refractivity contribution in [1.82, 2.24) is 0 Å². The van der Waals surface area contributed by atoms with Crippen LogP contribution in [0.3, 0.4) is 0 Å². The Morgan fingerprint density at radius 2 is 1.84 bits per heavy atom. The lowest BCUT2D eigenvalue weighted by Crippen LogP contribution is -2.12. The van der Waals surface area contributed by atoms with Crippen LogP contribution in [0.1, 0.15) is 29.7 Å². The molecule has 3 heteroatoms. The van der Waals surface area contributed by atoms with E-state index in [1.54, 1.807) is 7.11 Å². The third kappa shape index (κ3) is 2.88. The number of nitrogen functional groups attached to an aromatic ring is 1. The molecule has 0 saturated carbocycles. The second kappa shape index (κ2) is 5.76. The van der Waals surface area contributed by atoms with E-state index in [4.69, 9.17) is 16.2 Å². The Morgan fingerprint density at radius 1 is 1.11 bits per heavy atom. The maximum Gasteiger partial charge on any atom is 0.122 e. The van der Waals surface area contributed by atoms with Crippen molar-refractivity contribution in [3.8, 4) is 5.75 Å². The molecule has 0 spiro atoms. The molecule has 1 atom stereocenters. The molecule has 0 aliphatic heterocycles. The summed E-state index contributed by atoms with van der Waals surface area (Å²) in [5.41, 5.74) is 16.1. The topological polar surface area (TPSA) is 61.3 Å². The van der Waals surface area contributed by atoms with Crippen molar-refractivity contribution in [3.05, 3.63) is 59.2 Å². The molecular weight excluding hydrogens is 236 g/mol. The second-order valence-electron chi connectivity index (χ2n) is 4.57. The molecule has 0 heterocycles. The molecule has 0 bridgehead atoms. The summed E-state index contributed by atoms with van der Waals surface area (Å²) in [6.45, 7) is 2.10. The van der Waals surface area contributed by atoms with E-state index in [-0.39, 0.29) is 6.04 Å². The molecule has 0 aromatic heterocycles. The van der Waals surface area contributed by atoms with Crippen LogP contribution in [-0.2, 0) is 6.42 Å². The summed E-state index contributed by atoms with van der Waals surface area (Å²) in [6, 6.07) is 13.6. The fourth-order valence-electron chi connectivity index (χ4n) is 2.21. The molecular formula is C16H20N2O. The number of rotatable bonds is 4. The van der Waals surface area contributed by atoms with E-state index in [0.29, 0.717) is 0 Å². The van der Waals surface area contributed by atoms with Crippen LogP contribution in [0.15, 0.2) is 42.5 Å². The van der Waals surface area contributed by atoms with E-state index in [1.165, 1.54) is 5.56 Å². The maximum absolute atomic E-state index is 6.30. The third-order valence-electron chi connectivity index (χ3n) is 3.31. The quantitative estimate of drug-likeness (QED) is 0.827. The lowest BCUT2D eigenvalue weighted by molar-refractivity contribution is 0.410. The summed E-state index contributed by atoms with van der Waals surface area (Å²) in [5.74, 6) is 0.908. The highest BCUT2D eigenvalue weighted by atomic mass is 16.5. The van der Waals surface area contributed by atoms with E-state index in [9.17, 15) is 0 Å². The molecule has 1 unspecified atom stereocenters. The Kier molecular flexibility index (Phi) is 4.07. The van der Waals surface area contributed by atoms with Gasteiger partial charge in [-0.1, -0.05) is 31.2 Å². The monoisotopic (exact) mass is 256 g/mol. The first-order chi connectivity index (χ1) is 9.15. The van der Waals surface area contributed by atoms with Gasteiger partial charge >= 0.3 is 0 Å². The highest BCUT2D eigenvalue weighted by Gasteiger charge is 2.11. The van der Waals surface area contributed by atoms with Crippen LogP contribution < -0.4 is 16.2 Å². The lowest BCUT2D eigenvalue weighted by atomic mass is 9.96. The van der Waals surface area contributed by atoms with Gasteiger partial charge in [0.2, 0.25) is 0 Å². The summed E-state index contributed by atoms with van der Waals surface area (Å²) < 4.78 is 5.33. The number of hydrogen-bond donors (Lipinski definition) is 2. The normalized spacial score (nSPS) is 12.2. The summed E-state index contributed by atoms with van der Waals surface area (Å²) in [5, 5.41) is 0. The summed E-state index contributed by atoms with van der Waals surface area (Å²) >= 11 is 0. The SMILES string of the molecule is CCc1cc(C(N)c2cccc(N)c2)ccc1OC. The molecule has 0 aliphatic carbocycles. The smallest absolute Gasteiger partial charge is 0.122 e. The van der Waals surface area contributed by atoms with Crippen molar-refractivity contribution < 1.29 is 4.74 Å². The minimum absolute atomic E-state index is 0.167. The highest BCUT2D eigenvalue weighted by molar-refractivity contribution is 5.46. The van der Waals surface area contributed by atoms with Gasteiger partial charge in [-0.25, -0.2) is 0 Å². The van der Waals surface area contributed by atoms with Crippen molar-refractivity contribution in [2.45, 2.75) is 19.4 Å². The van der Waals surface area contributed by atoms with Gasteiger partial charge < -0.3 is 16.2 Å². The number of nitrogens with two attached hydrogens (primary N) is 2. The van der Waals surface area contributed by atoms with E-state index < -0.39 is 0 Å². The fourth-order valence-corrected chi connectivity index (χ4v) is 2.21. The number of aryl methyl sites for hydroxylation is 1. The second-order valence-corrected chi connectivity index (χ2v) is 4.57. The van der Waals surface area contributed by atoms with Crippen molar-refractivity contribution in [2.24, 2.45) is 5.73 Å². The molecule has 3 nitrogen and oxygen atoms in total. The molecule has 4 N–H and O–H groups in total. The molecule has 2 aromatic rings. The fraction of sp³-hybridized carbons (Fsp3) is 0.250. The van der Waals surface area contributed by atoms with E-state index >= 15 is 0 Å². The zero-order valence-corrected chi connectivity index (χ0v) is 11.4. The maximum atomic E-state index is 6.30. The van der Waals surface area contributed by atoms with Crippen molar-refractivity contribution in [2.75, 3.05) is 12.8 Å². The van der Waals surface area contributed by atoms with Gasteiger partial charge in [0.15, 0.2) is 0 Å². The van der Waals surface area contributed by atoms with Crippen LogP contribution in [0, 0.1) is 0 Å². The molecule has 0 fully saturated rings. The molecule has 19 heavy (non-hydrogen) atoms. The Bertz CT molecular complexity index is 566. The van der Waals surface area contributed by atoms with E-state index in [2.05, 4.69) is 13.0 Å². The molecule has 2 rings (SSSR count). The van der Waals surface area contributed by atoms with Crippen molar-refractivity contribution in [3.63, 3.8) is 0 Å². The number of ether oxygens (including phenoxy) is 1. The molecule has 100 valence electrons. The molecule has 0 saturated heterocycles. The van der Waals surface area contributed by atoms with Crippen LogP contribution in [0.4, 0.5) is 5.69 Å². The van der Waals surface area contributed by atoms with Crippen LogP contribution in [-0.4, -0.2) is 7.11 Å². The Hall–Kier alpha value is -2.00. The van der Waals surface area contributed by atoms with Crippen LogP contribution in [0.25, 0.3) is 0 Å². The number of hydrogen-bond acceptors (Lipinski definition) is 3. The third-order valence-corrected chi connectivity index (χ3v) is 3.31. The Labute approximate surface area is 114 Å². The highest BCUT2D eigenvalue weighted by Crippen LogP contribution is 2.26. The zero-order valence-electron chi connectivity index (χ0n) is 11.4. The number of benzene rings is 2. The summed E-state index contributed by atoms with van der Waals surface area (Å²) in [7, 11) is 1.69. The summed E-state index contributed by atoms with van der Waals surface area (Å²) in [4.78, 5) is 0. The standard InChI is InChI=1S/C16H20N2O/c1-3-11-9-13(7-8-15(11)19-2)16(18)12-5-4-6-14(17)10-12/h4-10,16H,3,17-18H2,1-2H3. The predicted molar refractivity (Wildman–Crippen MR) is 79.3 cm³/mol. The number of anilines is 1. The first-order valence-corrected chi connectivity index (χ1v) is 6.43. The van der Waals surface area contributed by atoms with E-state index in [0.717, 1.165) is 29.0 Å². The van der Waals surface area contributed by atoms with Crippen molar-refractivity contribution >= 4 is 5.69 Å². The Balaban J connectivity index is 2.36. The Morgan fingerprint density at radius 3 is 2.47 bits per heavy atom. The van der Waals surface area contributed by atoms with Gasteiger partial charge in [0, 0.05) is 5.69 Å². The first kappa shape index (κ1) is 13.4. The molecule has 2 aromatic carbocycles. The molecule has 0 amide bonds. The van der Waals surface area contributed by atoms with E-state index in [1.807, 2.05) is 36.4 Å². The number of methoxy groups -OCH3 is 1. The van der Waals surface area contributed by atoms with Gasteiger partial charge in [-0.2, -0.15) is 0 Å². The molecule has 0 radical (unpaired) electrons. The average Bonchev–Trinajstić information content (AvgIpc) is 2.45. The first-order valence-electron chi connectivity index (χ1n) is 6.43. The van der Waals surface area contributed by atoms with Gasteiger partial charge in [-0.15, -0.1) is 0 Å². The summed E-state index contributed by atoms with van der Waals surface area (Å²) in [6.07, 6.45) is 0.917. The van der Waals surface area contributed by atoms with Gasteiger partial charge in [0.25, 0.3) is 0 Å². The largest absolute Gasteiger partial charge is 0.496 e. The van der Waals surface area contributed by atoms with Gasteiger partial charge in [-0.3, -0.25) is 0 Å². The minimum Gasteiger partial charge on any atom is -0.496 e. The van der Waals surface area contributed by atoms with Gasteiger partial charge in [0.1, 0.15) is 5.75 Å². The average molecular weight is 256 g/mol. The zero-order chi connectivity index (χ0) is 13.8. The van der Waals surface area contributed by atoms with Crippen molar-refractivity contribution in [1.29, 1.82) is 0 Å².